The van der Waals surface area contributed by atoms with Crippen molar-refractivity contribution in [2.45, 2.75) is 56.5 Å². The highest BCUT2D eigenvalue weighted by Gasteiger charge is 2.50. The van der Waals surface area contributed by atoms with Crippen LogP contribution in [0.5, 0.6) is 0 Å². The van der Waals surface area contributed by atoms with Crippen LogP contribution in [0.15, 0.2) is 47.0 Å². The van der Waals surface area contributed by atoms with Crippen LogP contribution in [0.3, 0.4) is 0 Å². The maximum absolute atomic E-state index is 9.72. The van der Waals surface area contributed by atoms with Gasteiger partial charge in [-0.2, -0.15) is 0 Å². The van der Waals surface area contributed by atoms with Gasteiger partial charge in [-0.3, -0.25) is 4.98 Å². The van der Waals surface area contributed by atoms with E-state index in [1.54, 1.807) is 6.20 Å². The molecule has 7 nitrogen and oxygen atoms in total. The quantitative estimate of drug-likeness (QED) is 0.571. The number of pyridine rings is 1. The molecule has 32 heavy (non-hydrogen) atoms. The number of aliphatic hydroxyl groups excluding tert-OH is 1. The summed E-state index contributed by atoms with van der Waals surface area (Å²) in [5, 5.41) is 21.1. The Morgan fingerprint density at radius 1 is 1.00 bits per heavy atom. The van der Waals surface area contributed by atoms with Gasteiger partial charge in [0.25, 0.3) is 0 Å². The number of anilines is 2. The average Bonchev–Trinajstić information content (AvgIpc) is 3.27. The Morgan fingerprint density at radius 2 is 1.81 bits per heavy atom. The summed E-state index contributed by atoms with van der Waals surface area (Å²) in [6, 6.07) is 13.0. The molecular weight excluding hydrogens is 404 g/mol. The van der Waals surface area contributed by atoms with Gasteiger partial charge in [0.2, 0.25) is 5.89 Å². The van der Waals surface area contributed by atoms with E-state index >= 15 is 0 Å². The van der Waals surface area contributed by atoms with Crippen LogP contribution in [0.2, 0.25) is 0 Å². The van der Waals surface area contributed by atoms with E-state index in [1.807, 2.05) is 12.1 Å². The second-order valence-corrected chi connectivity index (χ2v) is 9.65. The molecule has 0 amide bonds. The number of hydrogen-bond acceptors (Lipinski definition) is 7. The minimum atomic E-state index is -0.195. The lowest BCUT2D eigenvalue weighted by Crippen LogP contribution is -2.50. The molecule has 2 saturated carbocycles. The maximum atomic E-state index is 9.72. The first-order valence-electron chi connectivity index (χ1n) is 11.6. The van der Waals surface area contributed by atoms with Crippen molar-refractivity contribution >= 4 is 11.7 Å². The Hall–Kier alpha value is -2.77. The first-order chi connectivity index (χ1) is 15.7. The molecule has 2 aliphatic carbocycles. The number of hydrogen-bond donors (Lipinski definition) is 2. The van der Waals surface area contributed by atoms with E-state index in [0.717, 1.165) is 61.4 Å². The van der Waals surface area contributed by atoms with Crippen LogP contribution in [0, 0.1) is 5.41 Å². The molecule has 4 aliphatic rings. The zero-order chi connectivity index (χ0) is 21.6. The smallest absolute Gasteiger partial charge is 0.320 e. The summed E-state index contributed by atoms with van der Waals surface area (Å²) < 4.78 is 12.0. The fourth-order valence-corrected chi connectivity index (χ4v) is 5.15. The van der Waals surface area contributed by atoms with E-state index in [4.69, 9.17) is 9.15 Å². The molecule has 2 aromatic heterocycles. The van der Waals surface area contributed by atoms with Gasteiger partial charge in [0, 0.05) is 16.9 Å². The number of rotatable bonds is 6. The van der Waals surface area contributed by atoms with E-state index in [-0.39, 0.29) is 17.6 Å². The number of nitrogens with zero attached hydrogens (tertiary/aromatic N) is 3. The van der Waals surface area contributed by atoms with E-state index in [2.05, 4.69) is 44.8 Å². The molecule has 4 fully saturated rings. The van der Waals surface area contributed by atoms with Crippen LogP contribution in [0.25, 0.3) is 11.3 Å². The van der Waals surface area contributed by atoms with E-state index in [1.165, 1.54) is 12.0 Å². The van der Waals surface area contributed by atoms with Gasteiger partial charge < -0.3 is 19.6 Å². The Morgan fingerprint density at radius 3 is 2.41 bits per heavy atom. The number of nitrogens with one attached hydrogen (secondary N) is 1. The summed E-state index contributed by atoms with van der Waals surface area (Å²) in [4.78, 5) is 4.61. The molecule has 0 unspecified atom stereocenters. The van der Waals surface area contributed by atoms with Gasteiger partial charge in [0.05, 0.1) is 36.4 Å². The molecule has 2 saturated heterocycles. The number of fused-ring (bicyclic) bond motifs is 3. The molecule has 1 aromatic carbocycles. The van der Waals surface area contributed by atoms with Crippen molar-refractivity contribution in [1.29, 1.82) is 0 Å². The second kappa shape index (κ2) is 7.67. The summed E-state index contributed by atoms with van der Waals surface area (Å²) in [5.74, 6) is 1.15. The Bertz CT molecular complexity index is 1060. The summed E-state index contributed by atoms with van der Waals surface area (Å²) in [6.45, 7) is 0.885. The summed E-state index contributed by atoms with van der Waals surface area (Å²) in [5.41, 5.74) is 3.81. The van der Waals surface area contributed by atoms with Crippen LogP contribution in [-0.2, 0) is 10.3 Å². The van der Waals surface area contributed by atoms with E-state index in [0.29, 0.717) is 18.5 Å². The third-order valence-corrected chi connectivity index (χ3v) is 7.72. The molecule has 166 valence electrons. The largest absolute Gasteiger partial charge is 0.408 e. The molecule has 7 heteroatoms. The van der Waals surface area contributed by atoms with Crippen molar-refractivity contribution in [1.82, 2.24) is 15.2 Å². The van der Waals surface area contributed by atoms with Crippen LogP contribution in [0.4, 0.5) is 11.7 Å². The molecule has 0 atom stereocenters. The van der Waals surface area contributed by atoms with Crippen LogP contribution in [-0.4, -0.2) is 33.5 Å². The molecule has 7 rings (SSSR count). The number of ether oxygens (including phenoxy) is 1. The molecule has 0 radical (unpaired) electrons. The van der Waals surface area contributed by atoms with Gasteiger partial charge in [-0.25, -0.2) is 0 Å². The first kappa shape index (κ1) is 19.9. The van der Waals surface area contributed by atoms with Crippen molar-refractivity contribution in [2.75, 3.05) is 18.5 Å². The fourth-order valence-electron chi connectivity index (χ4n) is 5.15. The predicted molar refractivity (Wildman–Crippen MR) is 119 cm³/mol. The SMILES string of the molecule is OCC12CCC(c3ccc(-c4ccc(Nc5nnc(C6CCC6)o5)cn4)cc3)(CC1)OC2. The molecule has 2 N–H and O–H groups in total. The minimum Gasteiger partial charge on any atom is -0.408 e. The number of benzene rings is 1. The highest BCUT2D eigenvalue weighted by Crippen LogP contribution is 2.53. The summed E-state index contributed by atoms with van der Waals surface area (Å²) >= 11 is 0. The van der Waals surface area contributed by atoms with Crippen molar-refractivity contribution in [3.05, 3.63) is 54.0 Å². The van der Waals surface area contributed by atoms with Crippen molar-refractivity contribution in [3.8, 4) is 11.3 Å². The van der Waals surface area contributed by atoms with Gasteiger partial charge in [-0.05, 0) is 56.2 Å². The standard InChI is InChI=1S/C25H28N4O3/c30-15-24-10-12-25(13-11-24,31-16-24)19-6-4-17(5-7-19)21-9-8-20(14-26-21)27-23-29-28-22(32-23)18-2-1-3-18/h4-9,14,18,30H,1-3,10-13,15-16H2,(H,27,29). The Kier molecular flexibility index (Phi) is 4.77. The van der Waals surface area contributed by atoms with E-state index < -0.39 is 0 Å². The third kappa shape index (κ3) is 3.40. The van der Waals surface area contributed by atoms with Crippen LogP contribution >= 0.6 is 0 Å². The van der Waals surface area contributed by atoms with Crippen molar-refractivity contribution < 1.29 is 14.3 Å². The fraction of sp³-hybridized carbons (Fsp3) is 0.480. The number of aromatic nitrogens is 3. The van der Waals surface area contributed by atoms with Gasteiger partial charge in [0.1, 0.15) is 0 Å². The lowest BCUT2D eigenvalue weighted by Gasteiger charge is -2.52. The Balaban J connectivity index is 1.13. The molecule has 3 aromatic rings. The van der Waals surface area contributed by atoms with E-state index in [9.17, 15) is 5.11 Å². The van der Waals surface area contributed by atoms with Crippen molar-refractivity contribution in [3.63, 3.8) is 0 Å². The average molecular weight is 433 g/mol. The highest BCUT2D eigenvalue weighted by molar-refractivity contribution is 5.62. The lowest BCUT2D eigenvalue weighted by molar-refractivity contribution is -0.199. The monoisotopic (exact) mass is 432 g/mol. The first-order valence-corrected chi connectivity index (χ1v) is 11.6. The van der Waals surface area contributed by atoms with Gasteiger partial charge in [-0.1, -0.05) is 35.8 Å². The highest BCUT2D eigenvalue weighted by atomic mass is 16.5. The Labute approximate surface area is 187 Å². The predicted octanol–water partition coefficient (Wildman–Crippen LogP) is 4.92. The third-order valence-electron chi connectivity index (χ3n) is 7.72. The minimum absolute atomic E-state index is 0.0125. The molecule has 2 bridgehead atoms. The topological polar surface area (TPSA) is 93.3 Å². The molecular formula is C25H28N4O3. The zero-order valence-electron chi connectivity index (χ0n) is 18.1. The molecule has 4 heterocycles. The molecule has 2 aliphatic heterocycles. The van der Waals surface area contributed by atoms with Gasteiger partial charge >= 0.3 is 6.01 Å². The summed E-state index contributed by atoms with van der Waals surface area (Å²) in [6.07, 6.45) is 9.30. The number of aliphatic hydroxyl groups is 1. The normalized spacial score (nSPS) is 27.3. The van der Waals surface area contributed by atoms with Gasteiger partial charge in [-0.15, -0.1) is 5.10 Å². The van der Waals surface area contributed by atoms with Crippen LogP contribution in [0.1, 0.15) is 62.3 Å². The summed E-state index contributed by atoms with van der Waals surface area (Å²) in [7, 11) is 0. The van der Waals surface area contributed by atoms with Gasteiger partial charge in [0.15, 0.2) is 0 Å². The zero-order valence-corrected chi connectivity index (χ0v) is 18.1. The van der Waals surface area contributed by atoms with Crippen LogP contribution < -0.4 is 5.32 Å². The second-order valence-electron chi connectivity index (χ2n) is 9.65. The lowest BCUT2D eigenvalue weighted by atomic mass is 9.64. The maximum Gasteiger partial charge on any atom is 0.320 e. The molecule has 0 spiro atoms. The van der Waals surface area contributed by atoms with Crippen molar-refractivity contribution in [2.24, 2.45) is 5.41 Å².